The number of carbonyl (C=O) groups is 2. The molecule has 1 atom stereocenters. The lowest BCUT2D eigenvalue weighted by molar-refractivity contribution is -0.124. The molecule has 1 aliphatic rings. The molecule has 1 aliphatic heterocycles. The number of likely N-dealkylation sites (tertiary alicyclic amines) is 1. The van der Waals surface area contributed by atoms with Crippen molar-refractivity contribution in [2.75, 3.05) is 25.4 Å². The highest BCUT2D eigenvalue weighted by Gasteiger charge is 2.25. The van der Waals surface area contributed by atoms with Crippen molar-refractivity contribution >= 4 is 17.5 Å². The van der Waals surface area contributed by atoms with Crippen LogP contribution in [0.3, 0.4) is 0 Å². The first kappa shape index (κ1) is 16.3. The third kappa shape index (κ3) is 4.23. The Kier molecular flexibility index (Phi) is 5.41. The predicted molar refractivity (Wildman–Crippen MR) is 87.3 cm³/mol. The lowest BCUT2D eigenvalue weighted by Crippen LogP contribution is -2.44. The number of nitrogens with one attached hydrogen (secondary N) is 1. The van der Waals surface area contributed by atoms with Gasteiger partial charge in [0.05, 0.1) is 0 Å². The van der Waals surface area contributed by atoms with E-state index in [-0.39, 0.29) is 17.7 Å². The Balaban J connectivity index is 1.92. The molecule has 0 aromatic heterocycles. The fraction of sp³-hybridized carbons (Fsp3) is 0.529. The van der Waals surface area contributed by atoms with Crippen LogP contribution in [0.1, 0.15) is 37.0 Å². The van der Waals surface area contributed by atoms with Gasteiger partial charge in [-0.25, -0.2) is 0 Å². The van der Waals surface area contributed by atoms with Gasteiger partial charge in [-0.3, -0.25) is 9.59 Å². The number of amides is 2. The first-order chi connectivity index (χ1) is 10.5. The first-order valence-corrected chi connectivity index (χ1v) is 7.90. The number of carbonyl (C=O) groups excluding carboxylic acids is 2. The molecule has 0 bridgehead atoms. The third-order valence-electron chi connectivity index (χ3n) is 4.03. The van der Waals surface area contributed by atoms with E-state index < -0.39 is 0 Å². The summed E-state index contributed by atoms with van der Waals surface area (Å²) in [6, 6.07) is 7.08. The number of nitrogen functional groups attached to an aromatic ring is 1. The van der Waals surface area contributed by atoms with Crippen molar-refractivity contribution in [3.05, 3.63) is 29.8 Å². The smallest absolute Gasteiger partial charge is 0.253 e. The zero-order chi connectivity index (χ0) is 16.1. The van der Waals surface area contributed by atoms with Crippen LogP contribution in [0.15, 0.2) is 24.3 Å². The van der Waals surface area contributed by atoms with Crippen molar-refractivity contribution in [2.45, 2.75) is 26.7 Å². The molecule has 3 N–H and O–H groups in total. The predicted octanol–water partition coefficient (Wildman–Crippen LogP) is 1.89. The third-order valence-corrected chi connectivity index (χ3v) is 4.03. The van der Waals surface area contributed by atoms with Gasteiger partial charge in [-0.1, -0.05) is 19.9 Å². The summed E-state index contributed by atoms with van der Waals surface area (Å²) in [7, 11) is 0. The van der Waals surface area contributed by atoms with Gasteiger partial charge in [0, 0.05) is 36.8 Å². The van der Waals surface area contributed by atoms with Gasteiger partial charge < -0.3 is 16.0 Å². The molecule has 5 nitrogen and oxygen atoms in total. The zero-order valence-corrected chi connectivity index (χ0v) is 13.3. The minimum Gasteiger partial charge on any atom is -0.399 e. The molecule has 0 aliphatic carbocycles. The number of benzene rings is 1. The van der Waals surface area contributed by atoms with Gasteiger partial charge in [0.2, 0.25) is 5.91 Å². The lowest BCUT2D eigenvalue weighted by Gasteiger charge is -2.33. The van der Waals surface area contributed by atoms with Crippen LogP contribution in [0.4, 0.5) is 5.69 Å². The Morgan fingerprint density at radius 2 is 2.18 bits per heavy atom. The fourth-order valence-corrected chi connectivity index (χ4v) is 2.72. The van der Waals surface area contributed by atoms with Crippen LogP contribution >= 0.6 is 0 Å². The molecule has 1 aromatic carbocycles. The topological polar surface area (TPSA) is 75.4 Å². The number of piperidine rings is 1. The highest BCUT2D eigenvalue weighted by Crippen LogP contribution is 2.19. The van der Waals surface area contributed by atoms with E-state index in [4.69, 9.17) is 5.73 Å². The van der Waals surface area contributed by atoms with Crippen LogP contribution in [0, 0.1) is 11.8 Å². The van der Waals surface area contributed by atoms with Crippen LogP contribution in [-0.4, -0.2) is 36.3 Å². The summed E-state index contributed by atoms with van der Waals surface area (Å²) in [4.78, 5) is 26.0. The standard InChI is InChI=1S/C17H25N3O2/c1-12(2)16(21)19-10-13-5-4-8-20(11-13)17(22)14-6-3-7-15(18)9-14/h3,6-7,9,12-13H,4-5,8,10-11,18H2,1-2H3,(H,19,21). The molecule has 0 saturated carbocycles. The average molecular weight is 303 g/mol. The molecule has 1 fully saturated rings. The van der Waals surface area contributed by atoms with Gasteiger partial charge in [0.25, 0.3) is 5.91 Å². The monoisotopic (exact) mass is 303 g/mol. The van der Waals surface area contributed by atoms with E-state index in [1.54, 1.807) is 24.3 Å². The Bertz CT molecular complexity index is 542. The second kappa shape index (κ2) is 7.29. The van der Waals surface area contributed by atoms with Crippen molar-refractivity contribution in [3.63, 3.8) is 0 Å². The Hall–Kier alpha value is -2.04. The van der Waals surface area contributed by atoms with Crippen molar-refractivity contribution < 1.29 is 9.59 Å². The van der Waals surface area contributed by atoms with E-state index in [0.29, 0.717) is 30.3 Å². The van der Waals surface area contributed by atoms with E-state index in [1.807, 2.05) is 18.7 Å². The maximum atomic E-state index is 12.5. The first-order valence-electron chi connectivity index (χ1n) is 7.90. The lowest BCUT2D eigenvalue weighted by atomic mass is 9.97. The van der Waals surface area contributed by atoms with Gasteiger partial charge in [0.15, 0.2) is 0 Å². The van der Waals surface area contributed by atoms with Crippen LogP contribution < -0.4 is 11.1 Å². The second-order valence-corrected chi connectivity index (χ2v) is 6.28. The Labute approximate surface area is 131 Å². The molecule has 5 heteroatoms. The van der Waals surface area contributed by atoms with E-state index in [0.717, 1.165) is 19.4 Å². The van der Waals surface area contributed by atoms with Crippen LogP contribution in [-0.2, 0) is 4.79 Å². The SMILES string of the molecule is CC(C)C(=O)NCC1CCCN(C(=O)c2cccc(N)c2)C1. The van der Waals surface area contributed by atoms with Crippen LogP contribution in [0.5, 0.6) is 0 Å². The molecule has 0 spiro atoms. The summed E-state index contributed by atoms with van der Waals surface area (Å²) in [5.74, 6) is 0.404. The van der Waals surface area contributed by atoms with Gasteiger partial charge in [-0.2, -0.15) is 0 Å². The molecule has 2 rings (SSSR count). The highest BCUT2D eigenvalue weighted by atomic mass is 16.2. The van der Waals surface area contributed by atoms with E-state index in [2.05, 4.69) is 5.32 Å². The number of nitrogens with two attached hydrogens (primary N) is 1. The maximum Gasteiger partial charge on any atom is 0.253 e. The number of hydrogen-bond acceptors (Lipinski definition) is 3. The number of rotatable bonds is 4. The summed E-state index contributed by atoms with van der Waals surface area (Å²) in [5, 5.41) is 2.96. The highest BCUT2D eigenvalue weighted by molar-refractivity contribution is 5.95. The minimum atomic E-state index is -0.00591. The van der Waals surface area contributed by atoms with Crippen LogP contribution in [0.25, 0.3) is 0 Å². The Morgan fingerprint density at radius 3 is 2.86 bits per heavy atom. The number of anilines is 1. The van der Waals surface area contributed by atoms with Crippen molar-refractivity contribution in [3.8, 4) is 0 Å². The normalized spacial score (nSPS) is 18.3. The fourth-order valence-electron chi connectivity index (χ4n) is 2.72. The molecule has 0 radical (unpaired) electrons. The second-order valence-electron chi connectivity index (χ2n) is 6.28. The largest absolute Gasteiger partial charge is 0.399 e. The number of nitrogens with zero attached hydrogens (tertiary/aromatic N) is 1. The molecule has 120 valence electrons. The zero-order valence-electron chi connectivity index (χ0n) is 13.3. The minimum absolute atomic E-state index is 0.00591. The molecular weight excluding hydrogens is 278 g/mol. The van der Waals surface area contributed by atoms with Gasteiger partial charge >= 0.3 is 0 Å². The summed E-state index contributed by atoms with van der Waals surface area (Å²) >= 11 is 0. The van der Waals surface area contributed by atoms with Crippen molar-refractivity contribution in [1.82, 2.24) is 10.2 Å². The summed E-state index contributed by atoms with van der Waals surface area (Å²) in [6.07, 6.45) is 2.01. The maximum absolute atomic E-state index is 12.5. The average Bonchev–Trinajstić information content (AvgIpc) is 2.52. The molecule has 1 heterocycles. The van der Waals surface area contributed by atoms with Crippen molar-refractivity contribution in [1.29, 1.82) is 0 Å². The van der Waals surface area contributed by atoms with Crippen molar-refractivity contribution in [2.24, 2.45) is 11.8 Å². The molecular formula is C17H25N3O2. The summed E-state index contributed by atoms with van der Waals surface area (Å²) in [6.45, 7) is 5.85. The van der Waals surface area contributed by atoms with E-state index >= 15 is 0 Å². The van der Waals surface area contributed by atoms with Gasteiger partial charge in [-0.05, 0) is 37.0 Å². The molecule has 1 unspecified atom stereocenters. The van der Waals surface area contributed by atoms with Gasteiger partial charge in [0.1, 0.15) is 0 Å². The molecule has 2 amide bonds. The van der Waals surface area contributed by atoms with Gasteiger partial charge in [-0.15, -0.1) is 0 Å². The van der Waals surface area contributed by atoms with Crippen LogP contribution in [0.2, 0.25) is 0 Å². The Morgan fingerprint density at radius 1 is 1.41 bits per heavy atom. The summed E-state index contributed by atoms with van der Waals surface area (Å²) in [5.41, 5.74) is 6.98. The summed E-state index contributed by atoms with van der Waals surface area (Å²) < 4.78 is 0. The van der Waals surface area contributed by atoms with E-state index in [9.17, 15) is 9.59 Å². The number of hydrogen-bond donors (Lipinski definition) is 2. The van der Waals surface area contributed by atoms with E-state index in [1.165, 1.54) is 0 Å². The molecule has 1 saturated heterocycles. The molecule has 1 aromatic rings. The molecule has 22 heavy (non-hydrogen) atoms. The quantitative estimate of drug-likeness (QED) is 0.834.